The first-order chi connectivity index (χ1) is 15.0. The van der Waals surface area contributed by atoms with Crippen LogP contribution in [-0.2, 0) is 0 Å². The number of ketones is 1. The van der Waals surface area contributed by atoms with Gasteiger partial charge in [0.05, 0.1) is 31.0 Å². The fraction of sp³-hybridized carbons (Fsp3) is 0.115. The maximum atomic E-state index is 13.9. The first-order valence-corrected chi connectivity index (χ1v) is 9.88. The van der Waals surface area contributed by atoms with Crippen molar-refractivity contribution in [2.24, 2.45) is 0 Å². The van der Waals surface area contributed by atoms with Crippen LogP contribution in [0.4, 0.5) is 0 Å². The van der Waals surface area contributed by atoms with Crippen LogP contribution in [0.5, 0.6) is 17.2 Å². The fourth-order valence-corrected chi connectivity index (χ4v) is 3.82. The summed E-state index contributed by atoms with van der Waals surface area (Å²) >= 11 is 0. The zero-order valence-electron chi connectivity index (χ0n) is 17.6. The Hall–Kier alpha value is -3.99. The molecule has 0 amide bonds. The van der Waals surface area contributed by atoms with Gasteiger partial charge in [0.1, 0.15) is 17.2 Å². The summed E-state index contributed by atoms with van der Waals surface area (Å²) in [6, 6.07) is 21.9. The molecule has 2 N–H and O–H groups in total. The standard InChI is InChI=1S/C26H23NO4/c1-16-23(19-11-7-8-12-22(19)31-3)24(25(27-16)17-9-5-4-6-10-17)26(29)20-15-18(30-2)13-14-21(20)28/h4-15,27-28H,1-3H3. The molecule has 5 nitrogen and oxygen atoms in total. The van der Waals surface area contributed by atoms with Crippen molar-refractivity contribution >= 4 is 5.78 Å². The number of para-hydroxylation sites is 1. The van der Waals surface area contributed by atoms with Crippen LogP contribution in [0.3, 0.4) is 0 Å². The average Bonchev–Trinajstić information content (AvgIpc) is 3.16. The van der Waals surface area contributed by atoms with Gasteiger partial charge < -0.3 is 19.6 Å². The first kappa shape index (κ1) is 20.3. The van der Waals surface area contributed by atoms with Crippen molar-refractivity contribution in [2.75, 3.05) is 14.2 Å². The summed E-state index contributed by atoms with van der Waals surface area (Å²) in [5.41, 5.74) is 4.57. The normalized spacial score (nSPS) is 10.7. The van der Waals surface area contributed by atoms with Crippen LogP contribution in [0.1, 0.15) is 21.6 Å². The molecule has 0 aliphatic heterocycles. The van der Waals surface area contributed by atoms with Gasteiger partial charge in [-0.15, -0.1) is 0 Å². The van der Waals surface area contributed by atoms with Gasteiger partial charge in [-0.1, -0.05) is 48.5 Å². The van der Waals surface area contributed by atoms with Crippen molar-refractivity contribution in [3.8, 4) is 39.6 Å². The first-order valence-electron chi connectivity index (χ1n) is 9.88. The lowest BCUT2D eigenvalue weighted by molar-refractivity contribution is 0.103. The number of nitrogens with one attached hydrogen (secondary N) is 1. The molecule has 0 saturated carbocycles. The molecule has 31 heavy (non-hydrogen) atoms. The quantitative estimate of drug-likeness (QED) is 0.403. The van der Waals surface area contributed by atoms with Crippen LogP contribution >= 0.6 is 0 Å². The van der Waals surface area contributed by atoms with Crippen molar-refractivity contribution in [1.82, 2.24) is 4.98 Å². The van der Waals surface area contributed by atoms with Crippen molar-refractivity contribution in [3.05, 3.63) is 89.6 Å². The SMILES string of the molecule is COc1ccc(O)c(C(=O)c2c(-c3ccccc3)[nH]c(C)c2-c2ccccc2OC)c1. The highest BCUT2D eigenvalue weighted by atomic mass is 16.5. The highest BCUT2D eigenvalue weighted by Crippen LogP contribution is 2.41. The van der Waals surface area contributed by atoms with E-state index in [1.54, 1.807) is 19.2 Å². The molecule has 0 atom stereocenters. The van der Waals surface area contributed by atoms with Crippen LogP contribution in [0.2, 0.25) is 0 Å². The number of hydrogen-bond acceptors (Lipinski definition) is 4. The molecule has 0 aliphatic rings. The lowest BCUT2D eigenvalue weighted by atomic mass is 9.91. The molecule has 0 spiro atoms. The predicted molar refractivity (Wildman–Crippen MR) is 121 cm³/mol. The third-order valence-corrected chi connectivity index (χ3v) is 5.30. The van der Waals surface area contributed by atoms with E-state index in [0.717, 1.165) is 22.4 Å². The van der Waals surface area contributed by atoms with E-state index in [-0.39, 0.29) is 17.1 Å². The molecule has 4 rings (SSSR count). The molecule has 1 heterocycles. The van der Waals surface area contributed by atoms with E-state index in [4.69, 9.17) is 9.47 Å². The molecule has 0 saturated heterocycles. The second-order valence-electron chi connectivity index (χ2n) is 7.15. The number of phenolic OH excluding ortho intramolecular Hbond substituents is 1. The molecule has 1 aromatic heterocycles. The smallest absolute Gasteiger partial charge is 0.199 e. The Bertz CT molecular complexity index is 1240. The molecule has 5 heteroatoms. The van der Waals surface area contributed by atoms with Gasteiger partial charge in [0.15, 0.2) is 5.78 Å². The van der Waals surface area contributed by atoms with Crippen LogP contribution in [0, 0.1) is 6.92 Å². The monoisotopic (exact) mass is 413 g/mol. The fourth-order valence-electron chi connectivity index (χ4n) is 3.82. The van der Waals surface area contributed by atoms with Gasteiger partial charge in [0, 0.05) is 16.8 Å². The lowest BCUT2D eigenvalue weighted by Gasteiger charge is -2.13. The van der Waals surface area contributed by atoms with Gasteiger partial charge in [-0.2, -0.15) is 0 Å². The topological polar surface area (TPSA) is 71.5 Å². The van der Waals surface area contributed by atoms with Crippen molar-refractivity contribution in [2.45, 2.75) is 6.92 Å². The summed E-state index contributed by atoms with van der Waals surface area (Å²) in [5, 5.41) is 10.5. The Balaban J connectivity index is 2.02. The van der Waals surface area contributed by atoms with Gasteiger partial charge in [-0.3, -0.25) is 4.79 Å². The Morgan fingerprint density at radius 1 is 0.903 bits per heavy atom. The minimum Gasteiger partial charge on any atom is -0.507 e. The summed E-state index contributed by atoms with van der Waals surface area (Å²) in [6.45, 7) is 1.93. The number of aromatic hydroxyl groups is 1. The Morgan fingerprint density at radius 2 is 1.61 bits per heavy atom. The summed E-state index contributed by atoms with van der Waals surface area (Å²) in [7, 11) is 3.13. The predicted octanol–water partition coefficient (Wildman–Crippen LogP) is 5.61. The number of carbonyl (C=O) groups excluding carboxylic acids is 1. The largest absolute Gasteiger partial charge is 0.507 e. The second kappa shape index (κ2) is 8.40. The second-order valence-corrected chi connectivity index (χ2v) is 7.15. The molecular formula is C26H23NO4. The molecular weight excluding hydrogens is 390 g/mol. The van der Waals surface area contributed by atoms with E-state index in [1.165, 1.54) is 13.2 Å². The summed E-state index contributed by atoms with van der Waals surface area (Å²) in [4.78, 5) is 17.2. The van der Waals surface area contributed by atoms with Crippen LogP contribution in [0.15, 0.2) is 72.8 Å². The van der Waals surface area contributed by atoms with Crippen molar-refractivity contribution < 1.29 is 19.4 Å². The van der Waals surface area contributed by atoms with Gasteiger partial charge in [0.25, 0.3) is 0 Å². The van der Waals surface area contributed by atoms with Crippen LogP contribution in [0.25, 0.3) is 22.4 Å². The Morgan fingerprint density at radius 3 is 2.32 bits per heavy atom. The molecule has 3 aromatic carbocycles. The molecule has 0 aliphatic carbocycles. The number of aromatic nitrogens is 1. The van der Waals surface area contributed by atoms with Crippen LogP contribution < -0.4 is 9.47 Å². The molecule has 0 unspecified atom stereocenters. The zero-order chi connectivity index (χ0) is 22.0. The number of rotatable bonds is 6. The van der Waals surface area contributed by atoms with E-state index < -0.39 is 0 Å². The number of ether oxygens (including phenoxy) is 2. The number of aryl methyl sites for hydroxylation is 1. The number of hydrogen-bond donors (Lipinski definition) is 2. The highest BCUT2D eigenvalue weighted by molar-refractivity contribution is 6.18. The number of methoxy groups -OCH3 is 2. The van der Waals surface area contributed by atoms with Gasteiger partial charge in [-0.05, 0) is 36.8 Å². The summed E-state index contributed by atoms with van der Waals surface area (Å²) in [5.74, 6) is 0.747. The van der Waals surface area contributed by atoms with E-state index >= 15 is 0 Å². The zero-order valence-corrected chi connectivity index (χ0v) is 17.6. The summed E-state index contributed by atoms with van der Waals surface area (Å²) < 4.78 is 10.9. The Kier molecular flexibility index (Phi) is 5.50. The molecule has 0 bridgehead atoms. The third kappa shape index (κ3) is 3.66. The van der Waals surface area contributed by atoms with Crippen LogP contribution in [-0.4, -0.2) is 30.1 Å². The van der Waals surface area contributed by atoms with Gasteiger partial charge in [0.2, 0.25) is 0 Å². The summed E-state index contributed by atoms with van der Waals surface area (Å²) in [6.07, 6.45) is 0. The number of phenols is 1. The Labute approximate surface area is 180 Å². The molecule has 0 radical (unpaired) electrons. The molecule has 156 valence electrons. The third-order valence-electron chi connectivity index (χ3n) is 5.30. The molecule has 4 aromatic rings. The van der Waals surface area contributed by atoms with Gasteiger partial charge >= 0.3 is 0 Å². The molecule has 0 fully saturated rings. The minimum absolute atomic E-state index is 0.102. The maximum absolute atomic E-state index is 13.9. The maximum Gasteiger partial charge on any atom is 0.199 e. The van der Waals surface area contributed by atoms with Gasteiger partial charge in [-0.25, -0.2) is 0 Å². The van der Waals surface area contributed by atoms with E-state index in [1.807, 2.05) is 61.5 Å². The van der Waals surface area contributed by atoms with Crippen molar-refractivity contribution in [3.63, 3.8) is 0 Å². The average molecular weight is 413 g/mol. The number of benzene rings is 3. The lowest BCUT2D eigenvalue weighted by Crippen LogP contribution is -2.05. The van der Waals surface area contributed by atoms with E-state index in [0.29, 0.717) is 22.8 Å². The highest BCUT2D eigenvalue weighted by Gasteiger charge is 2.27. The number of aromatic amines is 1. The number of H-pyrrole nitrogens is 1. The van der Waals surface area contributed by atoms with E-state index in [2.05, 4.69) is 4.98 Å². The minimum atomic E-state index is -0.305. The number of carbonyl (C=O) groups is 1. The van der Waals surface area contributed by atoms with E-state index in [9.17, 15) is 9.90 Å². The van der Waals surface area contributed by atoms with Crippen molar-refractivity contribution in [1.29, 1.82) is 0 Å².